The first-order chi connectivity index (χ1) is 10.3. The minimum absolute atomic E-state index is 0. The van der Waals surface area contributed by atoms with Crippen molar-refractivity contribution in [3.63, 3.8) is 0 Å². The molecule has 0 unspecified atom stereocenters. The zero-order chi connectivity index (χ0) is 18.6. The SMILES string of the molecule is CC1=[C-]C(C)(C)C(C)=C1C.CC1=[C-]C(C)(C)C(C)=C1C.C[SiH]C.[Cl-].[Cl-].[Zr+4]. The van der Waals surface area contributed by atoms with E-state index >= 15 is 0 Å². The van der Waals surface area contributed by atoms with Crippen molar-refractivity contribution in [3.8, 4) is 0 Å². The molecule has 2 aliphatic carbocycles. The smallest absolute Gasteiger partial charge is 1.00 e. The molecule has 0 heterocycles. The molecule has 147 valence electrons. The van der Waals surface area contributed by atoms with Crippen LogP contribution < -0.4 is 24.8 Å². The first kappa shape index (κ1) is 34.2. The molecule has 0 fully saturated rings. The molecule has 0 amide bonds. The van der Waals surface area contributed by atoms with Crippen molar-refractivity contribution in [2.75, 3.05) is 0 Å². The van der Waals surface area contributed by atoms with Gasteiger partial charge in [-0.05, 0) is 0 Å². The Morgan fingerprint density at radius 1 is 0.615 bits per heavy atom. The summed E-state index contributed by atoms with van der Waals surface area (Å²) in [5.41, 5.74) is 8.79. The van der Waals surface area contributed by atoms with Crippen LogP contribution in [0.1, 0.15) is 69.2 Å². The van der Waals surface area contributed by atoms with Gasteiger partial charge in [-0.15, -0.1) is 13.8 Å². The second kappa shape index (κ2) is 13.8. The standard InChI is InChI=1S/2C10H15.C2H7Si.2ClH.Zr/c2*1-7-6-10(4,5)9(3)8(7)2;1-3-2;;;/h2*1-5H3;3H,1-2H3;2*1H;/q2*-1;;;;+4/p-2. The Morgan fingerprint density at radius 2 is 0.808 bits per heavy atom. The Labute approximate surface area is 198 Å². The second-order valence-electron chi connectivity index (χ2n) is 7.83. The molecule has 4 heteroatoms. The molecule has 0 aromatic rings. The van der Waals surface area contributed by atoms with E-state index in [1.54, 1.807) is 0 Å². The topological polar surface area (TPSA) is 0 Å². The molecule has 0 aliphatic heterocycles. The van der Waals surface area contributed by atoms with Gasteiger partial charge in [-0.25, -0.2) is 11.1 Å². The quantitative estimate of drug-likeness (QED) is 0.347. The molecule has 2 aliphatic rings. The molecule has 0 nitrogen and oxygen atoms in total. The molecule has 2 rings (SSSR count). The molecule has 0 atom stereocenters. The maximum Gasteiger partial charge on any atom is 4.00 e. The Morgan fingerprint density at radius 3 is 0.846 bits per heavy atom. The predicted molar refractivity (Wildman–Crippen MR) is 108 cm³/mol. The van der Waals surface area contributed by atoms with Gasteiger partial charge in [0.2, 0.25) is 0 Å². The third-order valence-corrected chi connectivity index (χ3v) is 5.12. The summed E-state index contributed by atoms with van der Waals surface area (Å²) in [7, 11) is 0.750. The molecule has 0 saturated carbocycles. The summed E-state index contributed by atoms with van der Waals surface area (Å²) in [6.07, 6.45) is 6.87. The van der Waals surface area contributed by atoms with Crippen LogP contribution in [0, 0.1) is 23.0 Å². The third-order valence-electron chi connectivity index (χ3n) is 5.12. The third kappa shape index (κ3) is 9.22. The van der Waals surface area contributed by atoms with Crippen molar-refractivity contribution < 1.29 is 51.0 Å². The number of hydrogen-bond acceptors (Lipinski definition) is 0. The fourth-order valence-corrected chi connectivity index (χ4v) is 2.81. The summed E-state index contributed by atoms with van der Waals surface area (Å²) in [4.78, 5) is 0. The molecule has 1 radical (unpaired) electrons. The summed E-state index contributed by atoms with van der Waals surface area (Å²) in [5.74, 6) is 0. The van der Waals surface area contributed by atoms with Gasteiger partial charge in [-0.3, -0.25) is 12.2 Å². The van der Waals surface area contributed by atoms with E-state index in [9.17, 15) is 0 Å². The van der Waals surface area contributed by atoms with Crippen molar-refractivity contribution in [1.29, 1.82) is 0 Å². The summed E-state index contributed by atoms with van der Waals surface area (Å²) >= 11 is 0. The van der Waals surface area contributed by atoms with E-state index in [0.29, 0.717) is 0 Å². The molecule has 0 aromatic carbocycles. The van der Waals surface area contributed by atoms with E-state index in [4.69, 9.17) is 0 Å². The number of halogens is 2. The van der Waals surface area contributed by atoms with E-state index in [-0.39, 0.29) is 61.8 Å². The van der Waals surface area contributed by atoms with E-state index in [0.717, 1.165) is 9.52 Å². The van der Waals surface area contributed by atoms with Crippen LogP contribution in [0.2, 0.25) is 13.1 Å². The van der Waals surface area contributed by atoms with E-state index in [2.05, 4.69) is 94.5 Å². The van der Waals surface area contributed by atoms with Gasteiger partial charge in [0, 0.05) is 9.52 Å². The van der Waals surface area contributed by atoms with E-state index in [1.165, 1.54) is 33.4 Å². The molecule has 0 N–H and O–H groups in total. The Bertz CT molecular complexity index is 515. The van der Waals surface area contributed by atoms with Gasteiger partial charge in [0.15, 0.2) is 0 Å². The molecule has 0 spiro atoms. The van der Waals surface area contributed by atoms with Crippen LogP contribution in [0.3, 0.4) is 0 Å². The van der Waals surface area contributed by atoms with Crippen LogP contribution in [0.15, 0.2) is 33.4 Å². The van der Waals surface area contributed by atoms with Gasteiger partial charge < -0.3 is 24.8 Å². The summed E-state index contributed by atoms with van der Waals surface area (Å²) in [6.45, 7) is 26.3. The number of rotatable bonds is 0. The summed E-state index contributed by atoms with van der Waals surface area (Å²) in [5, 5.41) is 0. The maximum absolute atomic E-state index is 3.44. The second-order valence-corrected chi connectivity index (χ2v) is 8.98. The Hall–Kier alpha value is 0.640. The molecule has 0 bridgehead atoms. The van der Waals surface area contributed by atoms with Crippen LogP contribution in [-0.2, 0) is 26.2 Å². The monoisotopic (exact) mass is 489 g/mol. The van der Waals surface area contributed by atoms with Gasteiger partial charge in [0.25, 0.3) is 0 Å². The molecule has 0 aromatic heterocycles. The summed E-state index contributed by atoms with van der Waals surface area (Å²) in [6, 6.07) is 0. The fraction of sp³-hybridized carbons (Fsp3) is 0.636. The van der Waals surface area contributed by atoms with Gasteiger partial charge in [-0.1, -0.05) is 79.3 Å². The Balaban J connectivity index is -0.000000147. The average Bonchev–Trinajstić information content (AvgIpc) is 2.71. The van der Waals surface area contributed by atoms with Crippen LogP contribution in [-0.4, -0.2) is 9.52 Å². The van der Waals surface area contributed by atoms with Crippen LogP contribution in [0.5, 0.6) is 0 Å². The number of allylic oxidation sites excluding steroid dienone is 8. The predicted octanol–water partition coefficient (Wildman–Crippen LogP) is 0.749. The normalized spacial score (nSPS) is 18.8. The van der Waals surface area contributed by atoms with Crippen LogP contribution >= 0.6 is 0 Å². The zero-order valence-electron chi connectivity index (χ0n) is 18.8. The minimum atomic E-state index is 0. The van der Waals surface area contributed by atoms with Crippen LogP contribution in [0.4, 0.5) is 0 Å². The first-order valence-electron chi connectivity index (χ1n) is 8.65. The molecule has 26 heavy (non-hydrogen) atoms. The molecular weight excluding hydrogens is 454 g/mol. The van der Waals surface area contributed by atoms with E-state index in [1.807, 2.05) is 0 Å². The number of hydrogen-bond donors (Lipinski definition) is 0. The van der Waals surface area contributed by atoms with Crippen molar-refractivity contribution in [2.24, 2.45) is 10.8 Å². The average molecular weight is 492 g/mol. The van der Waals surface area contributed by atoms with Gasteiger partial charge in [0.1, 0.15) is 0 Å². The molecule has 0 saturated heterocycles. The fourth-order valence-electron chi connectivity index (χ4n) is 2.81. The van der Waals surface area contributed by atoms with Gasteiger partial charge in [0.05, 0.1) is 0 Å². The van der Waals surface area contributed by atoms with Crippen molar-refractivity contribution in [1.82, 2.24) is 0 Å². The maximum atomic E-state index is 3.44. The Kier molecular flexibility index (Phi) is 18.1. The van der Waals surface area contributed by atoms with Crippen molar-refractivity contribution in [3.05, 3.63) is 45.6 Å². The summed E-state index contributed by atoms with van der Waals surface area (Å²) < 4.78 is 0. The first-order valence-corrected chi connectivity index (χ1v) is 11.0. The van der Waals surface area contributed by atoms with E-state index < -0.39 is 0 Å². The van der Waals surface area contributed by atoms with Crippen LogP contribution in [0.25, 0.3) is 0 Å². The zero-order valence-corrected chi connectivity index (χ0v) is 24.0. The largest absolute Gasteiger partial charge is 4.00 e. The minimum Gasteiger partial charge on any atom is -1.00 e. The van der Waals surface area contributed by atoms with Gasteiger partial charge >= 0.3 is 26.2 Å². The van der Waals surface area contributed by atoms with Gasteiger partial charge in [-0.2, -0.15) is 22.3 Å². The molecular formula is C22H37Cl2SiZr. The van der Waals surface area contributed by atoms with Crippen molar-refractivity contribution >= 4 is 9.52 Å². The van der Waals surface area contributed by atoms with Crippen molar-refractivity contribution in [2.45, 2.75) is 82.3 Å².